The molecule has 0 spiro atoms. The van der Waals surface area contributed by atoms with E-state index < -0.39 is 15.5 Å². The predicted molar refractivity (Wildman–Crippen MR) is 95.3 cm³/mol. The van der Waals surface area contributed by atoms with Crippen LogP contribution in [-0.2, 0) is 16.4 Å². The summed E-state index contributed by atoms with van der Waals surface area (Å²) in [5.41, 5.74) is -3.19. The zero-order valence-corrected chi connectivity index (χ0v) is 15.9. The Morgan fingerprint density at radius 1 is 1.33 bits per heavy atom. The maximum Gasteiger partial charge on any atom is 0.516 e. The second-order valence-corrected chi connectivity index (χ2v) is 8.41. The molecule has 1 N–H and O–H groups in total. The van der Waals surface area contributed by atoms with Crippen LogP contribution >= 0.6 is 11.3 Å². The molecule has 1 atom stereocenters. The lowest BCUT2D eigenvalue weighted by molar-refractivity contribution is -0.0429. The Kier molecular flexibility index (Phi) is 5.08. The van der Waals surface area contributed by atoms with Crippen molar-refractivity contribution in [2.75, 3.05) is 16.7 Å². The minimum Gasteiger partial charge on any atom is -0.372 e. The summed E-state index contributed by atoms with van der Waals surface area (Å²) in [5.74, 6) is 0. The maximum absolute atomic E-state index is 12.9. The number of aromatic nitrogens is 2. The summed E-state index contributed by atoms with van der Waals surface area (Å²) in [6, 6.07) is 3.27. The molecule has 0 bridgehead atoms. The standard InChI is InChI=1S/C14H15F3N6O2S2/c1-8-3-4-9-11(23(8)2)6-5-10(19-21-13-20-18-7-26-13)12(9)22-27(24,25)14(15,16)17/h5-8,22H,3-4H2,1-2H3. The third-order valence-electron chi connectivity index (χ3n) is 4.25. The number of sulfonamides is 1. The summed E-state index contributed by atoms with van der Waals surface area (Å²) in [7, 11) is -3.81. The van der Waals surface area contributed by atoms with E-state index in [4.69, 9.17) is 0 Å². The fourth-order valence-corrected chi connectivity index (χ4v) is 3.67. The predicted octanol–water partition coefficient (Wildman–Crippen LogP) is 3.99. The highest BCUT2D eigenvalue weighted by Crippen LogP contribution is 2.42. The van der Waals surface area contributed by atoms with Crippen molar-refractivity contribution in [3.8, 4) is 0 Å². The molecule has 1 aliphatic rings. The number of halogens is 3. The lowest BCUT2D eigenvalue weighted by Gasteiger charge is -2.35. The number of hydrogen-bond donors (Lipinski definition) is 1. The van der Waals surface area contributed by atoms with Crippen molar-refractivity contribution in [3.05, 3.63) is 23.2 Å². The lowest BCUT2D eigenvalue weighted by Crippen LogP contribution is -2.35. The topological polar surface area (TPSA) is 99.9 Å². The van der Waals surface area contributed by atoms with Crippen LogP contribution in [0.2, 0.25) is 0 Å². The van der Waals surface area contributed by atoms with Gasteiger partial charge in [0.2, 0.25) is 0 Å². The molecule has 13 heteroatoms. The summed E-state index contributed by atoms with van der Waals surface area (Å²) in [5, 5.41) is 15.1. The van der Waals surface area contributed by atoms with Crippen LogP contribution in [0.25, 0.3) is 0 Å². The van der Waals surface area contributed by atoms with Crippen LogP contribution in [0.4, 0.5) is 35.4 Å². The first-order valence-electron chi connectivity index (χ1n) is 7.76. The second-order valence-electron chi connectivity index (χ2n) is 5.93. The van der Waals surface area contributed by atoms with E-state index in [2.05, 4.69) is 20.4 Å². The van der Waals surface area contributed by atoms with Gasteiger partial charge in [-0.1, -0.05) is 11.3 Å². The molecule has 0 aliphatic carbocycles. The lowest BCUT2D eigenvalue weighted by atomic mass is 9.95. The SMILES string of the molecule is CC1CCc2c(ccc(N=Nc3nncs3)c2NS(=O)(=O)C(F)(F)F)N1C. The number of fused-ring (bicyclic) bond motifs is 1. The van der Waals surface area contributed by atoms with Gasteiger partial charge in [0.1, 0.15) is 11.2 Å². The summed E-state index contributed by atoms with van der Waals surface area (Å²) in [6.07, 6.45) is 1.06. The first-order valence-corrected chi connectivity index (χ1v) is 10.1. The van der Waals surface area contributed by atoms with Gasteiger partial charge in [-0.15, -0.1) is 20.4 Å². The summed E-state index contributed by atoms with van der Waals surface area (Å²) < 4.78 is 63.7. The number of hydrogen-bond acceptors (Lipinski definition) is 8. The number of benzene rings is 1. The summed E-state index contributed by atoms with van der Waals surface area (Å²) >= 11 is 1.09. The summed E-state index contributed by atoms with van der Waals surface area (Å²) in [6.45, 7) is 1.98. The Morgan fingerprint density at radius 2 is 2.07 bits per heavy atom. The van der Waals surface area contributed by atoms with E-state index in [-0.39, 0.29) is 22.5 Å². The van der Waals surface area contributed by atoms with Crippen LogP contribution in [0.5, 0.6) is 0 Å². The van der Waals surface area contributed by atoms with Crippen LogP contribution < -0.4 is 9.62 Å². The molecule has 1 aliphatic heterocycles. The van der Waals surface area contributed by atoms with Gasteiger partial charge < -0.3 is 4.90 Å². The largest absolute Gasteiger partial charge is 0.516 e. The highest BCUT2D eigenvalue weighted by molar-refractivity contribution is 7.93. The average molecular weight is 420 g/mol. The molecule has 8 nitrogen and oxygen atoms in total. The van der Waals surface area contributed by atoms with Gasteiger partial charge in [0.05, 0.1) is 5.69 Å². The van der Waals surface area contributed by atoms with Crippen molar-refractivity contribution in [1.29, 1.82) is 0 Å². The minimum absolute atomic E-state index is 0.0280. The van der Waals surface area contributed by atoms with Crippen molar-refractivity contribution in [2.45, 2.75) is 31.3 Å². The van der Waals surface area contributed by atoms with Crippen molar-refractivity contribution in [3.63, 3.8) is 0 Å². The van der Waals surface area contributed by atoms with Gasteiger partial charge in [-0.2, -0.15) is 21.6 Å². The highest BCUT2D eigenvalue weighted by Gasteiger charge is 2.46. The Morgan fingerprint density at radius 3 is 2.70 bits per heavy atom. The number of rotatable bonds is 4. The number of alkyl halides is 3. The van der Waals surface area contributed by atoms with Gasteiger partial charge in [-0.25, -0.2) is 0 Å². The minimum atomic E-state index is -5.61. The van der Waals surface area contributed by atoms with Gasteiger partial charge in [0.25, 0.3) is 5.13 Å². The van der Waals surface area contributed by atoms with E-state index in [0.29, 0.717) is 24.1 Å². The number of azo groups is 1. The fourth-order valence-electron chi connectivity index (χ4n) is 2.69. The van der Waals surface area contributed by atoms with E-state index in [9.17, 15) is 21.6 Å². The molecule has 0 amide bonds. The van der Waals surface area contributed by atoms with Crippen LogP contribution in [-0.4, -0.2) is 37.2 Å². The first-order chi connectivity index (χ1) is 12.6. The maximum atomic E-state index is 12.9. The van der Waals surface area contributed by atoms with E-state index in [1.54, 1.807) is 17.8 Å². The molecule has 2 aromatic rings. The number of nitrogens with one attached hydrogen (secondary N) is 1. The second kappa shape index (κ2) is 7.03. The van der Waals surface area contributed by atoms with Crippen molar-refractivity contribution in [1.82, 2.24) is 10.2 Å². The van der Waals surface area contributed by atoms with Gasteiger partial charge in [0.15, 0.2) is 0 Å². The van der Waals surface area contributed by atoms with Crippen LogP contribution in [0.15, 0.2) is 27.9 Å². The zero-order valence-electron chi connectivity index (χ0n) is 14.2. The monoisotopic (exact) mass is 420 g/mol. The van der Waals surface area contributed by atoms with Gasteiger partial charge in [0, 0.05) is 24.3 Å². The molecule has 0 radical (unpaired) electrons. The van der Waals surface area contributed by atoms with Crippen molar-refractivity contribution >= 4 is 43.6 Å². The molecule has 1 aromatic carbocycles. The fraction of sp³-hybridized carbons (Fsp3) is 0.429. The van der Waals surface area contributed by atoms with Crippen molar-refractivity contribution < 1.29 is 21.6 Å². The van der Waals surface area contributed by atoms with Crippen LogP contribution in [0.1, 0.15) is 18.9 Å². The molecule has 3 rings (SSSR count). The van der Waals surface area contributed by atoms with Crippen molar-refractivity contribution in [2.24, 2.45) is 10.2 Å². The van der Waals surface area contributed by atoms with Gasteiger partial charge in [-0.05, 0) is 31.9 Å². The van der Waals surface area contributed by atoms with Gasteiger partial charge in [-0.3, -0.25) is 4.72 Å². The molecule has 2 heterocycles. The quantitative estimate of drug-likeness (QED) is 0.754. The molecule has 0 fully saturated rings. The Labute approximate surface area is 157 Å². The molecule has 1 unspecified atom stereocenters. The third-order valence-corrected chi connectivity index (χ3v) is 5.91. The number of anilines is 2. The van der Waals surface area contributed by atoms with E-state index >= 15 is 0 Å². The molecular weight excluding hydrogens is 405 g/mol. The van der Waals surface area contributed by atoms with Crippen LogP contribution in [0.3, 0.4) is 0 Å². The number of nitrogens with zero attached hydrogens (tertiary/aromatic N) is 5. The highest BCUT2D eigenvalue weighted by atomic mass is 32.2. The Hall–Kier alpha value is -2.28. The average Bonchev–Trinajstić information content (AvgIpc) is 3.09. The van der Waals surface area contributed by atoms with E-state index in [0.717, 1.165) is 11.3 Å². The van der Waals surface area contributed by atoms with Crippen LogP contribution in [0, 0.1) is 0 Å². The molecule has 0 saturated heterocycles. The van der Waals surface area contributed by atoms with E-state index in [1.165, 1.54) is 11.6 Å². The smallest absolute Gasteiger partial charge is 0.372 e. The third kappa shape index (κ3) is 3.88. The molecule has 146 valence electrons. The zero-order chi connectivity index (χ0) is 19.8. The summed E-state index contributed by atoms with van der Waals surface area (Å²) in [4.78, 5) is 1.88. The Bertz CT molecular complexity index is 960. The van der Waals surface area contributed by atoms with E-state index in [1.807, 2.05) is 11.8 Å². The molecule has 27 heavy (non-hydrogen) atoms. The normalized spacial score (nSPS) is 18.0. The first kappa shape index (κ1) is 19.5. The Balaban J connectivity index is 2.11. The molecule has 1 aromatic heterocycles. The van der Waals surface area contributed by atoms with Gasteiger partial charge >= 0.3 is 15.5 Å². The molecule has 0 saturated carbocycles. The molecular formula is C14H15F3N6O2S2.